The molecule has 6 unspecified atom stereocenters. The lowest BCUT2D eigenvalue weighted by Crippen LogP contribution is -2.57. The van der Waals surface area contributed by atoms with Gasteiger partial charge in [-0.05, 0) is 80.5 Å². The predicted octanol–water partition coefficient (Wildman–Crippen LogP) is 4.47. The van der Waals surface area contributed by atoms with Crippen molar-refractivity contribution in [1.29, 1.82) is 0 Å². The van der Waals surface area contributed by atoms with Crippen LogP contribution in [0.3, 0.4) is 0 Å². The molecule has 1 aliphatic heterocycles. The molecule has 2 nitrogen and oxygen atoms in total. The minimum absolute atomic E-state index is 0.189. The van der Waals surface area contributed by atoms with Crippen molar-refractivity contribution in [2.45, 2.75) is 83.7 Å². The van der Waals surface area contributed by atoms with Crippen LogP contribution in [-0.2, 0) is 0 Å². The van der Waals surface area contributed by atoms with Gasteiger partial charge in [-0.3, -0.25) is 4.90 Å². The Labute approximate surface area is 148 Å². The fourth-order valence-corrected chi connectivity index (χ4v) is 8.26. The molecule has 1 N–H and O–H groups in total. The van der Waals surface area contributed by atoms with Crippen molar-refractivity contribution in [1.82, 2.24) is 4.90 Å². The Hall–Kier alpha value is -0.0800. The number of aliphatic hydroxyl groups is 1. The predicted molar refractivity (Wildman–Crippen MR) is 97.7 cm³/mol. The summed E-state index contributed by atoms with van der Waals surface area (Å²) in [6, 6.07) is 0. The fraction of sp³-hybridized carbons (Fsp3) is 1.00. The molecule has 1 heterocycles. The van der Waals surface area contributed by atoms with E-state index in [1.165, 1.54) is 70.9 Å². The lowest BCUT2D eigenvalue weighted by atomic mass is 9.44. The molecule has 4 saturated carbocycles. The summed E-state index contributed by atoms with van der Waals surface area (Å²) < 4.78 is 0. The summed E-state index contributed by atoms with van der Waals surface area (Å²) in [6.07, 6.45) is 13.9. The van der Waals surface area contributed by atoms with Gasteiger partial charge in [0.05, 0.1) is 5.60 Å². The van der Waals surface area contributed by atoms with Crippen molar-refractivity contribution in [3.63, 3.8) is 0 Å². The van der Waals surface area contributed by atoms with E-state index in [9.17, 15) is 5.11 Å². The second-order valence-corrected chi connectivity index (χ2v) is 10.7. The summed E-state index contributed by atoms with van der Waals surface area (Å²) >= 11 is 0. The van der Waals surface area contributed by atoms with Crippen molar-refractivity contribution in [3.8, 4) is 0 Å². The zero-order chi connectivity index (χ0) is 16.6. The molecule has 1 saturated heterocycles. The molecule has 136 valence electrons. The first-order valence-corrected chi connectivity index (χ1v) is 10.9. The van der Waals surface area contributed by atoms with E-state index in [4.69, 9.17) is 0 Å². The van der Waals surface area contributed by atoms with E-state index in [0.29, 0.717) is 5.41 Å². The van der Waals surface area contributed by atoms with Gasteiger partial charge in [-0.25, -0.2) is 0 Å². The number of rotatable bonds is 2. The van der Waals surface area contributed by atoms with E-state index < -0.39 is 5.60 Å². The maximum Gasteiger partial charge on any atom is 0.0830 e. The molecule has 4 aliphatic carbocycles. The van der Waals surface area contributed by atoms with Gasteiger partial charge in [-0.1, -0.05) is 26.7 Å². The maximum absolute atomic E-state index is 11.6. The van der Waals surface area contributed by atoms with E-state index >= 15 is 0 Å². The Morgan fingerprint density at radius 2 is 1.67 bits per heavy atom. The summed E-state index contributed by atoms with van der Waals surface area (Å²) in [7, 11) is 0. The Balaban J connectivity index is 1.43. The van der Waals surface area contributed by atoms with E-state index in [-0.39, 0.29) is 5.41 Å². The highest BCUT2D eigenvalue weighted by molar-refractivity contribution is 5.15. The first-order valence-electron chi connectivity index (χ1n) is 10.9. The molecular weight excluding hydrogens is 294 g/mol. The van der Waals surface area contributed by atoms with Crippen molar-refractivity contribution in [2.75, 3.05) is 19.6 Å². The van der Waals surface area contributed by atoms with Crippen LogP contribution >= 0.6 is 0 Å². The van der Waals surface area contributed by atoms with Crippen molar-refractivity contribution in [2.24, 2.45) is 34.5 Å². The maximum atomic E-state index is 11.6. The topological polar surface area (TPSA) is 23.2 Å². The van der Waals surface area contributed by atoms with Gasteiger partial charge in [0.25, 0.3) is 0 Å². The molecule has 5 rings (SSSR count). The number of hydrogen-bond donors (Lipinski definition) is 1. The van der Waals surface area contributed by atoms with Crippen LogP contribution in [0.1, 0.15) is 78.1 Å². The molecule has 5 aliphatic rings. The van der Waals surface area contributed by atoms with Crippen LogP contribution in [0.15, 0.2) is 0 Å². The molecule has 0 aromatic carbocycles. The first kappa shape index (κ1) is 16.1. The molecule has 0 spiro atoms. The minimum atomic E-state index is -0.399. The summed E-state index contributed by atoms with van der Waals surface area (Å²) in [6.45, 7) is 8.52. The van der Waals surface area contributed by atoms with Crippen molar-refractivity contribution >= 4 is 0 Å². The van der Waals surface area contributed by atoms with Crippen molar-refractivity contribution in [3.05, 3.63) is 0 Å². The lowest BCUT2D eigenvalue weighted by Gasteiger charge is -2.61. The average molecular weight is 332 g/mol. The Bertz CT molecular complexity index is 516. The third kappa shape index (κ3) is 2.08. The number of fused-ring (bicyclic) bond motifs is 5. The normalized spacial score (nSPS) is 57.1. The zero-order valence-electron chi connectivity index (χ0n) is 15.9. The van der Waals surface area contributed by atoms with Crippen molar-refractivity contribution < 1.29 is 5.11 Å². The number of hydrogen-bond acceptors (Lipinski definition) is 2. The molecule has 0 radical (unpaired) electrons. The molecular formula is C22H37NO. The first-order chi connectivity index (χ1) is 11.5. The second kappa shape index (κ2) is 5.22. The molecule has 0 aromatic heterocycles. The largest absolute Gasteiger partial charge is 0.388 e. The monoisotopic (exact) mass is 331 g/mol. The van der Waals surface area contributed by atoms with Crippen LogP contribution in [0, 0.1) is 34.5 Å². The fourth-order valence-electron chi connectivity index (χ4n) is 8.26. The molecule has 0 amide bonds. The minimum Gasteiger partial charge on any atom is -0.388 e. The summed E-state index contributed by atoms with van der Waals surface area (Å²) in [5, 5.41) is 11.6. The zero-order valence-corrected chi connectivity index (χ0v) is 15.9. The molecule has 0 aromatic rings. The third-order valence-electron chi connectivity index (χ3n) is 9.93. The van der Waals surface area contributed by atoms with Crippen LogP contribution < -0.4 is 0 Å². The van der Waals surface area contributed by atoms with Gasteiger partial charge in [0.1, 0.15) is 0 Å². The number of nitrogens with zero attached hydrogens (tertiary/aromatic N) is 1. The van der Waals surface area contributed by atoms with E-state index in [1.807, 2.05) is 0 Å². The van der Waals surface area contributed by atoms with Crippen LogP contribution in [0.25, 0.3) is 0 Å². The van der Waals surface area contributed by atoms with E-state index in [1.54, 1.807) is 0 Å². The van der Waals surface area contributed by atoms with E-state index in [0.717, 1.165) is 36.6 Å². The van der Waals surface area contributed by atoms with Gasteiger partial charge in [0.15, 0.2) is 0 Å². The lowest BCUT2D eigenvalue weighted by molar-refractivity contribution is -0.153. The van der Waals surface area contributed by atoms with Gasteiger partial charge in [0, 0.05) is 25.0 Å². The highest BCUT2D eigenvalue weighted by atomic mass is 16.3. The number of β-amino-alcohol motifs (C(OH)–C–C–N with tert-alkyl or cyclic N) is 1. The van der Waals surface area contributed by atoms with Crippen LogP contribution in [-0.4, -0.2) is 35.2 Å². The average Bonchev–Trinajstić information content (AvgIpc) is 3.32. The molecule has 5 fully saturated rings. The standard InChI is InChI=1S/C22H37NO/c1-20-10-4-3-5-16(20)6-7-17-18(20)8-11-21(2)19(17)9-12-22(21,24)15-23-13-14-23/h16-19,24H,3-15H2,1-2H3/t16?,17?,18?,19?,20?,21?,22-/m1/s1. The summed E-state index contributed by atoms with van der Waals surface area (Å²) in [5.41, 5.74) is 0.418. The molecule has 24 heavy (non-hydrogen) atoms. The van der Waals surface area contributed by atoms with Crippen LogP contribution in [0.4, 0.5) is 0 Å². The quantitative estimate of drug-likeness (QED) is 0.755. The van der Waals surface area contributed by atoms with Gasteiger partial charge in [0.2, 0.25) is 0 Å². The molecule has 7 atom stereocenters. The van der Waals surface area contributed by atoms with Gasteiger partial charge >= 0.3 is 0 Å². The van der Waals surface area contributed by atoms with Gasteiger partial charge in [-0.15, -0.1) is 0 Å². The van der Waals surface area contributed by atoms with Gasteiger partial charge < -0.3 is 5.11 Å². The Kier molecular flexibility index (Phi) is 3.51. The summed E-state index contributed by atoms with van der Waals surface area (Å²) in [5.74, 6) is 3.67. The Morgan fingerprint density at radius 3 is 2.46 bits per heavy atom. The van der Waals surface area contributed by atoms with E-state index in [2.05, 4.69) is 18.7 Å². The van der Waals surface area contributed by atoms with Crippen LogP contribution in [0.2, 0.25) is 0 Å². The summed E-state index contributed by atoms with van der Waals surface area (Å²) in [4.78, 5) is 2.46. The molecule has 0 bridgehead atoms. The van der Waals surface area contributed by atoms with Crippen LogP contribution in [0.5, 0.6) is 0 Å². The second-order valence-electron chi connectivity index (χ2n) is 10.7. The third-order valence-corrected chi connectivity index (χ3v) is 9.93. The molecule has 2 heteroatoms. The Morgan fingerprint density at radius 1 is 0.875 bits per heavy atom. The van der Waals surface area contributed by atoms with Gasteiger partial charge in [-0.2, -0.15) is 0 Å². The highest BCUT2D eigenvalue weighted by Crippen LogP contribution is 2.68. The smallest absolute Gasteiger partial charge is 0.0830 e. The SMILES string of the molecule is CC12CCCCC1CCC1C2CCC2(C)C1CC[C@@]2(O)CN1CC1. The highest BCUT2D eigenvalue weighted by Gasteiger charge is 2.64.